The molecule has 2 saturated heterocycles. The molecule has 5 heteroatoms. The average Bonchev–Trinajstić information content (AvgIpc) is 2.84. The Hall–Kier alpha value is -0.355. The molecule has 0 amide bonds. The van der Waals surface area contributed by atoms with E-state index in [0.717, 1.165) is 19.3 Å². The first-order valence-corrected chi connectivity index (χ1v) is 7.10. The molecule has 3 rings (SSSR count). The smallest absolute Gasteiger partial charge is 0.400 e. The molecule has 2 fully saturated rings. The largest absolute Gasteiger partial charge is 0.490 e. The predicted octanol–water partition coefficient (Wildman–Crippen LogP) is 2.47. The third-order valence-electron chi connectivity index (χ3n) is 4.98. The Morgan fingerprint density at radius 3 is 2.26 bits per heavy atom. The Morgan fingerprint density at radius 2 is 1.79 bits per heavy atom. The van der Waals surface area contributed by atoms with Gasteiger partial charge >= 0.3 is 7.12 Å². The van der Waals surface area contributed by atoms with E-state index in [-0.39, 0.29) is 23.9 Å². The molecule has 0 aromatic heterocycles. The molecule has 0 N–H and O–H groups in total. The molecule has 19 heavy (non-hydrogen) atoms. The van der Waals surface area contributed by atoms with Crippen LogP contribution in [0.15, 0.2) is 11.5 Å². The third kappa shape index (κ3) is 2.27. The van der Waals surface area contributed by atoms with Gasteiger partial charge < -0.3 is 18.8 Å². The highest BCUT2D eigenvalue weighted by molar-refractivity contribution is 6.54. The van der Waals surface area contributed by atoms with Gasteiger partial charge in [0, 0.05) is 0 Å². The SMILES string of the molecule is CC1(C)OB(C2=CCC3(CC2)COCO3)OC1(C)C. The van der Waals surface area contributed by atoms with Crippen molar-refractivity contribution < 1.29 is 18.8 Å². The molecule has 1 spiro atoms. The summed E-state index contributed by atoms with van der Waals surface area (Å²) in [7, 11) is -0.204. The van der Waals surface area contributed by atoms with Crippen LogP contribution >= 0.6 is 0 Å². The molecule has 2 aliphatic heterocycles. The van der Waals surface area contributed by atoms with Gasteiger partial charge in [-0.15, -0.1) is 0 Å². The van der Waals surface area contributed by atoms with Gasteiger partial charge in [0.05, 0.1) is 23.4 Å². The van der Waals surface area contributed by atoms with Crippen LogP contribution in [0.5, 0.6) is 0 Å². The second kappa shape index (κ2) is 4.32. The minimum absolute atomic E-state index is 0.0901. The van der Waals surface area contributed by atoms with E-state index < -0.39 is 0 Å². The minimum atomic E-state index is -0.263. The highest BCUT2D eigenvalue weighted by Gasteiger charge is 2.53. The molecule has 1 atom stereocenters. The van der Waals surface area contributed by atoms with Gasteiger partial charge in [0.1, 0.15) is 6.79 Å². The van der Waals surface area contributed by atoms with E-state index in [1.54, 1.807) is 0 Å². The van der Waals surface area contributed by atoms with Crippen LogP contribution in [0.2, 0.25) is 0 Å². The highest BCUT2D eigenvalue weighted by Crippen LogP contribution is 2.42. The Morgan fingerprint density at radius 1 is 1.11 bits per heavy atom. The Kier molecular flexibility index (Phi) is 3.10. The van der Waals surface area contributed by atoms with Crippen molar-refractivity contribution in [2.45, 2.75) is 63.8 Å². The second-order valence-corrected chi connectivity index (χ2v) is 6.87. The standard InChI is InChI=1S/C14H23BO4/c1-12(2)13(3,4)19-15(18-12)11-5-7-14(8-6-11)9-16-10-17-14/h5H,6-10H2,1-4H3. The summed E-state index contributed by atoms with van der Waals surface area (Å²) < 4.78 is 23.3. The van der Waals surface area contributed by atoms with Crippen LogP contribution in [0.25, 0.3) is 0 Å². The van der Waals surface area contributed by atoms with Crippen molar-refractivity contribution in [3.63, 3.8) is 0 Å². The predicted molar refractivity (Wildman–Crippen MR) is 72.7 cm³/mol. The summed E-state index contributed by atoms with van der Waals surface area (Å²) in [6, 6.07) is 0. The maximum atomic E-state index is 6.09. The van der Waals surface area contributed by atoms with Crippen molar-refractivity contribution in [1.29, 1.82) is 0 Å². The van der Waals surface area contributed by atoms with Gasteiger partial charge in [0.25, 0.3) is 0 Å². The van der Waals surface area contributed by atoms with Crippen LogP contribution in [0.1, 0.15) is 47.0 Å². The molecule has 0 radical (unpaired) electrons. The zero-order chi connectivity index (χ0) is 13.7. The maximum Gasteiger partial charge on any atom is 0.490 e. The van der Waals surface area contributed by atoms with E-state index >= 15 is 0 Å². The quantitative estimate of drug-likeness (QED) is 0.683. The van der Waals surface area contributed by atoms with Crippen LogP contribution in [-0.4, -0.2) is 37.3 Å². The molecule has 0 aromatic carbocycles. The van der Waals surface area contributed by atoms with Gasteiger partial charge in [-0.1, -0.05) is 6.08 Å². The summed E-state index contributed by atoms with van der Waals surface area (Å²) in [4.78, 5) is 0. The van der Waals surface area contributed by atoms with E-state index in [1.807, 2.05) is 0 Å². The first-order chi connectivity index (χ1) is 8.84. The molecule has 1 unspecified atom stereocenters. The zero-order valence-electron chi connectivity index (χ0n) is 12.3. The average molecular weight is 266 g/mol. The Balaban J connectivity index is 1.70. The number of allylic oxidation sites excluding steroid dienone is 1. The number of ether oxygens (including phenoxy) is 2. The van der Waals surface area contributed by atoms with E-state index in [9.17, 15) is 0 Å². The minimum Gasteiger partial charge on any atom is -0.400 e. The highest BCUT2D eigenvalue weighted by atomic mass is 16.7. The van der Waals surface area contributed by atoms with Crippen LogP contribution in [-0.2, 0) is 18.8 Å². The summed E-state index contributed by atoms with van der Waals surface area (Å²) in [5, 5.41) is 0. The number of hydrogen-bond donors (Lipinski definition) is 0. The molecule has 106 valence electrons. The molecule has 0 aromatic rings. The van der Waals surface area contributed by atoms with E-state index in [4.69, 9.17) is 18.8 Å². The van der Waals surface area contributed by atoms with Crippen molar-refractivity contribution in [2.24, 2.45) is 0 Å². The lowest BCUT2D eigenvalue weighted by atomic mass is 9.69. The molecule has 0 saturated carbocycles. The molecule has 4 nitrogen and oxygen atoms in total. The first-order valence-electron chi connectivity index (χ1n) is 7.10. The van der Waals surface area contributed by atoms with Crippen LogP contribution in [0.4, 0.5) is 0 Å². The zero-order valence-corrected chi connectivity index (χ0v) is 12.3. The van der Waals surface area contributed by atoms with Crippen LogP contribution < -0.4 is 0 Å². The van der Waals surface area contributed by atoms with Gasteiger partial charge in [-0.3, -0.25) is 0 Å². The normalized spacial score (nSPS) is 36.8. The second-order valence-electron chi connectivity index (χ2n) is 6.87. The molecule has 2 heterocycles. The van der Waals surface area contributed by atoms with Crippen molar-refractivity contribution in [2.75, 3.05) is 13.4 Å². The summed E-state index contributed by atoms with van der Waals surface area (Å²) in [6.45, 7) is 9.50. The maximum absolute atomic E-state index is 6.09. The Bertz CT molecular complexity index is 380. The van der Waals surface area contributed by atoms with Gasteiger partial charge in [0.15, 0.2) is 0 Å². The molecule has 3 aliphatic rings. The monoisotopic (exact) mass is 266 g/mol. The van der Waals surface area contributed by atoms with Gasteiger partial charge in [-0.05, 0) is 52.4 Å². The number of hydrogen-bond acceptors (Lipinski definition) is 4. The lowest BCUT2D eigenvalue weighted by Gasteiger charge is -2.32. The fourth-order valence-electron chi connectivity index (χ4n) is 2.80. The molecule has 0 bridgehead atoms. The lowest BCUT2D eigenvalue weighted by molar-refractivity contribution is -0.0137. The van der Waals surface area contributed by atoms with Crippen molar-refractivity contribution in [3.8, 4) is 0 Å². The topological polar surface area (TPSA) is 36.9 Å². The van der Waals surface area contributed by atoms with Gasteiger partial charge in [-0.2, -0.15) is 0 Å². The van der Waals surface area contributed by atoms with Crippen LogP contribution in [0, 0.1) is 0 Å². The summed E-state index contributed by atoms with van der Waals surface area (Å²) in [5.74, 6) is 0. The van der Waals surface area contributed by atoms with E-state index in [1.165, 1.54) is 5.47 Å². The number of rotatable bonds is 1. The molecular weight excluding hydrogens is 243 g/mol. The lowest BCUT2D eigenvalue weighted by Crippen LogP contribution is -2.41. The van der Waals surface area contributed by atoms with E-state index in [2.05, 4.69) is 33.8 Å². The van der Waals surface area contributed by atoms with Gasteiger partial charge in [0.2, 0.25) is 0 Å². The van der Waals surface area contributed by atoms with Gasteiger partial charge in [-0.25, -0.2) is 0 Å². The molecule has 1 aliphatic carbocycles. The molecular formula is C14H23BO4. The first kappa shape index (κ1) is 13.6. The fraction of sp³-hybridized carbons (Fsp3) is 0.857. The van der Waals surface area contributed by atoms with Crippen molar-refractivity contribution >= 4 is 7.12 Å². The van der Waals surface area contributed by atoms with E-state index in [0.29, 0.717) is 13.4 Å². The fourth-order valence-corrected chi connectivity index (χ4v) is 2.80. The van der Waals surface area contributed by atoms with Crippen molar-refractivity contribution in [3.05, 3.63) is 11.5 Å². The summed E-state index contributed by atoms with van der Waals surface area (Å²) in [5.41, 5.74) is 0.633. The summed E-state index contributed by atoms with van der Waals surface area (Å²) in [6.07, 6.45) is 5.07. The van der Waals surface area contributed by atoms with Crippen LogP contribution in [0.3, 0.4) is 0 Å². The third-order valence-corrected chi connectivity index (χ3v) is 4.98. The Labute approximate surface area is 115 Å². The van der Waals surface area contributed by atoms with Crippen molar-refractivity contribution in [1.82, 2.24) is 0 Å². The summed E-state index contributed by atoms with van der Waals surface area (Å²) >= 11 is 0.